The predicted octanol–water partition coefficient (Wildman–Crippen LogP) is 4.27. The molecule has 0 heterocycles. The van der Waals surface area contributed by atoms with Crippen LogP contribution in [-0.4, -0.2) is 23.1 Å². The van der Waals surface area contributed by atoms with Gasteiger partial charge in [-0.05, 0) is 51.0 Å². The van der Waals surface area contributed by atoms with Gasteiger partial charge in [0.25, 0.3) is 0 Å². The highest BCUT2D eigenvalue weighted by molar-refractivity contribution is 6.19. The minimum absolute atomic E-state index is 0.0337. The van der Waals surface area contributed by atoms with E-state index < -0.39 is 11.6 Å². The van der Waals surface area contributed by atoms with Crippen LogP contribution in [0.1, 0.15) is 52.9 Å². The molecule has 0 spiro atoms. The maximum absolute atomic E-state index is 13.5. The number of carbonyl (C=O) groups excluding carboxylic acids is 3. The smallest absolute Gasteiger partial charge is 0.307 e. The third-order valence-electron chi connectivity index (χ3n) is 6.46. The standard InChI is InChI=1S/C25H28O4/c1-7-8-9-20(26)29-25(6)13-19-22(24(25)28)21-15(4)10-11-17(14(2)3)18(21)12-16(5)23(19)27/h1,12,17-18,21H,2,4,8-11,13H2,3,5-6H3/t17-,18-,21?,25+/m1/s1. The largest absolute Gasteiger partial charge is 0.451 e. The van der Waals surface area contributed by atoms with E-state index in [-0.39, 0.29) is 48.6 Å². The molecule has 0 aromatic carbocycles. The van der Waals surface area contributed by atoms with Crippen LogP contribution in [-0.2, 0) is 19.1 Å². The molecule has 3 aliphatic rings. The monoisotopic (exact) mass is 392 g/mol. The first-order valence-electron chi connectivity index (χ1n) is 10.1. The maximum atomic E-state index is 13.5. The van der Waals surface area contributed by atoms with Crippen molar-refractivity contribution in [3.05, 3.63) is 47.1 Å². The average Bonchev–Trinajstić information content (AvgIpc) is 2.84. The van der Waals surface area contributed by atoms with E-state index in [1.54, 1.807) is 13.8 Å². The Bertz CT molecular complexity index is 923. The Labute approximate surface area is 172 Å². The van der Waals surface area contributed by atoms with E-state index >= 15 is 0 Å². The number of carbonyl (C=O) groups is 3. The summed E-state index contributed by atoms with van der Waals surface area (Å²) in [7, 11) is 0. The summed E-state index contributed by atoms with van der Waals surface area (Å²) in [6, 6.07) is 0. The summed E-state index contributed by atoms with van der Waals surface area (Å²) in [5.41, 5.74) is 2.20. The van der Waals surface area contributed by atoms with Gasteiger partial charge in [-0.2, -0.15) is 0 Å². The summed E-state index contributed by atoms with van der Waals surface area (Å²) in [5.74, 6) is 1.36. The molecule has 4 atom stereocenters. The molecule has 3 rings (SSSR count). The first-order valence-corrected chi connectivity index (χ1v) is 10.1. The molecule has 0 radical (unpaired) electrons. The van der Waals surface area contributed by atoms with Crippen molar-refractivity contribution >= 4 is 17.5 Å². The van der Waals surface area contributed by atoms with Crippen LogP contribution in [0.5, 0.6) is 0 Å². The Hall–Kier alpha value is -2.67. The van der Waals surface area contributed by atoms with Gasteiger partial charge in [0.05, 0.1) is 6.42 Å². The van der Waals surface area contributed by atoms with Crippen LogP contribution in [0.25, 0.3) is 0 Å². The zero-order valence-corrected chi connectivity index (χ0v) is 17.5. The third-order valence-corrected chi connectivity index (χ3v) is 6.46. The third kappa shape index (κ3) is 3.55. The molecule has 0 amide bonds. The molecule has 0 aliphatic heterocycles. The zero-order chi connectivity index (χ0) is 21.5. The van der Waals surface area contributed by atoms with Crippen molar-refractivity contribution in [1.29, 1.82) is 0 Å². The lowest BCUT2D eigenvalue weighted by Gasteiger charge is -2.39. The Morgan fingerprint density at radius 2 is 2.10 bits per heavy atom. The summed E-state index contributed by atoms with van der Waals surface area (Å²) in [5, 5.41) is 0. The fourth-order valence-electron chi connectivity index (χ4n) is 5.00. The number of ether oxygens (including phenoxy) is 1. The van der Waals surface area contributed by atoms with Crippen LogP contribution in [0, 0.1) is 30.1 Å². The molecular formula is C25H28O4. The number of hydrogen-bond acceptors (Lipinski definition) is 4. The van der Waals surface area contributed by atoms with Gasteiger partial charge in [0.15, 0.2) is 11.4 Å². The Morgan fingerprint density at radius 3 is 2.72 bits per heavy atom. The number of rotatable bonds is 4. The Kier molecular flexibility index (Phi) is 5.54. The molecule has 0 aromatic rings. The summed E-state index contributed by atoms with van der Waals surface area (Å²) in [6.07, 6.45) is 9.30. The summed E-state index contributed by atoms with van der Waals surface area (Å²) in [6.45, 7) is 13.8. The normalized spacial score (nSPS) is 31.4. The van der Waals surface area contributed by atoms with Gasteiger partial charge < -0.3 is 4.74 Å². The van der Waals surface area contributed by atoms with E-state index in [4.69, 9.17) is 11.2 Å². The van der Waals surface area contributed by atoms with E-state index in [0.717, 1.165) is 24.0 Å². The minimum atomic E-state index is -1.37. The fourth-order valence-corrected chi connectivity index (χ4v) is 5.00. The second-order valence-electron chi connectivity index (χ2n) is 8.69. The van der Waals surface area contributed by atoms with E-state index in [0.29, 0.717) is 16.7 Å². The molecular weight excluding hydrogens is 364 g/mol. The average molecular weight is 392 g/mol. The van der Waals surface area contributed by atoms with Gasteiger partial charge in [-0.25, -0.2) is 0 Å². The SMILES string of the molecule is C#CCCC(=O)O[C@@]1(C)CC2=C(C1=O)C1C(=C)CC[C@H](C(=C)C)[C@H]1C=C(C)C2=O. The maximum Gasteiger partial charge on any atom is 0.307 e. The molecule has 3 aliphatic carbocycles. The lowest BCUT2D eigenvalue weighted by molar-refractivity contribution is -0.163. The first-order chi connectivity index (χ1) is 13.6. The highest BCUT2D eigenvalue weighted by atomic mass is 16.6. The van der Waals surface area contributed by atoms with Crippen molar-refractivity contribution in [3.8, 4) is 12.3 Å². The van der Waals surface area contributed by atoms with Crippen LogP contribution in [0.15, 0.2) is 47.1 Å². The van der Waals surface area contributed by atoms with Gasteiger partial charge >= 0.3 is 5.97 Å². The molecule has 152 valence electrons. The number of fused-ring (bicyclic) bond motifs is 2. The van der Waals surface area contributed by atoms with Crippen molar-refractivity contribution < 1.29 is 19.1 Å². The lowest BCUT2D eigenvalue weighted by atomic mass is 9.64. The predicted molar refractivity (Wildman–Crippen MR) is 112 cm³/mol. The molecule has 0 bridgehead atoms. The molecule has 0 aromatic heterocycles. The van der Waals surface area contributed by atoms with Crippen molar-refractivity contribution in [1.82, 2.24) is 0 Å². The van der Waals surface area contributed by atoms with Gasteiger partial charge in [-0.1, -0.05) is 30.4 Å². The van der Waals surface area contributed by atoms with E-state index in [9.17, 15) is 14.4 Å². The number of allylic oxidation sites excluding steroid dienone is 4. The van der Waals surface area contributed by atoms with Crippen molar-refractivity contribution in [2.24, 2.45) is 17.8 Å². The quantitative estimate of drug-likeness (QED) is 0.407. The first kappa shape index (κ1) is 21.0. The van der Waals surface area contributed by atoms with Gasteiger partial charge in [0.2, 0.25) is 5.78 Å². The lowest BCUT2D eigenvalue weighted by Crippen LogP contribution is -2.40. The molecule has 1 unspecified atom stereocenters. The minimum Gasteiger partial charge on any atom is -0.451 e. The van der Waals surface area contributed by atoms with Crippen LogP contribution >= 0.6 is 0 Å². The van der Waals surface area contributed by atoms with E-state index in [1.165, 1.54) is 0 Å². The topological polar surface area (TPSA) is 60.4 Å². The van der Waals surface area contributed by atoms with Gasteiger partial charge in [-0.3, -0.25) is 14.4 Å². The van der Waals surface area contributed by atoms with Crippen molar-refractivity contribution in [2.45, 2.75) is 58.5 Å². The molecule has 4 heteroatoms. The number of ketones is 2. The van der Waals surface area contributed by atoms with Crippen LogP contribution in [0.3, 0.4) is 0 Å². The van der Waals surface area contributed by atoms with Crippen LogP contribution in [0.4, 0.5) is 0 Å². The Morgan fingerprint density at radius 1 is 1.41 bits per heavy atom. The van der Waals surface area contributed by atoms with Gasteiger partial charge in [-0.15, -0.1) is 12.3 Å². The number of Topliss-reactive ketones (excluding diaryl/α,β-unsaturated/α-hetero) is 2. The molecule has 4 nitrogen and oxygen atoms in total. The second-order valence-corrected chi connectivity index (χ2v) is 8.69. The molecule has 1 saturated carbocycles. The number of esters is 1. The van der Waals surface area contributed by atoms with Crippen LogP contribution < -0.4 is 0 Å². The second kappa shape index (κ2) is 7.63. The Balaban J connectivity index is 2.04. The van der Waals surface area contributed by atoms with E-state index in [1.807, 2.05) is 13.0 Å². The number of hydrogen-bond donors (Lipinski definition) is 0. The van der Waals surface area contributed by atoms with Gasteiger partial charge in [0.1, 0.15) is 0 Å². The molecule has 0 saturated heterocycles. The number of terminal acetylenes is 1. The fraction of sp³-hybridized carbons (Fsp3) is 0.480. The molecule has 29 heavy (non-hydrogen) atoms. The summed E-state index contributed by atoms with van der Waals surface area (Å²) < 4.78 is 5.57. The van der Waals surface area contributed by atoms with Gasteiger partial charge in [0, 0.05) is 29.9 Å². The zero-order valence-electron chi connectivity index (χ0n) is 17.5. The van der Waals surface area contributed by atoms with Crippen molar-refractivity contribution in [3.63, 3.8) is 0 Å². The summed E-state index contributed by atoms with van der Waals surface area (Å²) in [4.78, 5) is 38.9. The molecule has 0 N–H and O–H groups in total. The highest BCUT2D eigenvalue weighted by Gasteiger charge is 2.54. The summed E-state index contributed by atoms with van der Waals surface area (Å²) >= 11 is 0. The van der Waals surface area contributed by atoms with E-state index in [2.05, 4.69) is 19.1 Å². The highest BCUT2D eigenvalue weighted by Crippen LogP contribution is 2.52. The van der Waals surface area contributed by atoms with Crippen LogP contribution in [0.2, 0.25) is 0 Å². The van der Waals surface area contributed by atoms with Crippen molar-refractivity contribution in [2.75, 3.05) is 0 Å². The molecule has 1 fully saturated rings.